The maximum absolute atomic E-state index is 13.1. The van der Waals surface area contributed by atoms with Crippen LogP contribution in [-0.4, -0.2) is 28.6 Å². The van der Waals surface area contributed by atoms with Crippen LogP contribution in [-0.2, 0) is 35.8 Å². The molecule has 182 valence electrons. The summed E-state index contributed by atoms with van der Waals surface area (Å²) in [7, 11) is -6.09. The fourth-order valence-corrected chi connectivity index (χ4v) is 4.69. The molecule has 0 saturated heterocycles. The topological polar surface area (TPSA) is 107 Å². The normalized spacial score (nSPS) is 15.8. The number of fused-ring (bicyclic) bond motifs is 6. The molecule has 2 aliphatic rings. The third-order valence-electron chi connectivity index (χ3n) is 6.28. The minimum absolute atomic E-state index is 0.00194. The lowest BCUT2D eigenvalue weighted by Crippen LogP contribution is -2.43. The highest BCUT2D eigenvalue weighted by molar-refractivity contribution is 7.86. The number of H-pyrrole nitrogens is 1. The fraction of sp³-hybridized carbons (Fsp3) is 0.435. The quantitative estimate of drug-likeness (QED) is 0.317. The van der Waals surface area contributed by atoms with E-state index in [0.717, 1.165) is 36.8 Å². The first-order chi connectivity index (χ1) is 16.0. The first-order valence-electron chi connectivity index (χ1n) is 11.1. The second kappa shape index (κ2) is 9.10. The number of hydrogen-bond acceptors (Lipinski definition) is 5. The highest BCUT2D eigenvalue weighted by Gasteiger charge is 2.37. The van der Waals surface area contributed by atoms with E-state index < -0.39 is 15.6 Å². The van der Waals surface area contributed by atoms with Crippen LogP contribution in [0.25, 0.3) is 16.9 Å². The van der Waals surface area contributed by atoms with Gasteiger partial charge >= 0.3 is 16.6 Å². The van der Waals surface area contributed by atoms with Gasteiger partial charge in [-0.2, -0.15) is 13.2 Å². The average molecular weight is 496 g/mol. The van der Waals surface area contributed by atoms with Gasteiger partial charge < -0.3 is 4.55 Å². The zero-order chi connectivity index (χ0) is 24.7. The largest absolute Gasteiger partial charge is 0.741 e. The van der Waals surface area contributed by atoms with Gasteiger partial charge in [0.2, 0.25) is 11.5 Å². The van der Waals surface area contributed by atoms with Crippen molar-refractivity contribution >= 4 is 15.6 Å². The summed E-state index contributed by atoms with van der Waals surface area (Å²) >= 11 is 0. The molecule has 3 aromatic rings. The number of pyridine rings is 1. The van der Waals surface area contributed by atoms with Crippen LogP contribution in [0.5, 0.6) is 0 Å². The second-order valence-electron chi connectivity index (χ2n) is 8.63. The molecule has 0 bridgehead atoms. The molecule has 0 atom stereocenters. The molecule has 2 aliphatic carbocycles. The molecule has 0 fully saturated rings. The van der Waals surface area contributed by atoms with Gasteiger partial charge in [-0.25, -0.2) is 8.42 Å². The second-order valence-corrected chi connectivity index (χ2v) is 10.00. The molecule has 1 aromatic carbocycles. The van der Waals surface area contributed by atoms with Gasteiger partial charge in [-0.05, 0) is 61.9 Å². The Bertz CT molecular complexity index is 1400. The molecular weight excluding hydrogens is 471 g/mol. The number of aromatic amines is 1. The Morgan fingerprint density at radius 2 is 1.47 bits per heavy atom. The van der Waals surface area contributed by atoms with Gasteiger partial charge in [0, 0.05) is 28.2 Å². The SMILES string of the molecule is Cc1ccc(-c2n[n+]3c4c(c5c(c3c(=O)[nH]2)CCCC5)CCCC4)cc1.O=S(=O)([O-])C(F)(F)F. The Kier molecular flexibility index (Phi) is 6.52. The Morgan fingerprint density at radius 3 is 2.06 bits per heavy atom. The van der Waals surface area contributed by atoms with Gasteiger partial charge in [0.15, 0.2) is 10.1 Å². The molecule has 2 aromatic heterocycles. The maximum Gasteiger partial charge on any atom is 0.485 e. The molecule has 34 heavy (non-hydrogen) atoms. The van der Waals surface area contributed by atoms with E-state index in [-0.39, 0.29) is 5.56 Å². The highest BCUT2D eigenvalue weighted by Crippen LogP contribution is 2.31. The summed E-state index contributed by atoms with van der Waals surface area (Å²) < 4.78 is 60.9. The van der Waals surface area contributed by atoms with Crippen LogP contribution < -0.4 is 10.1 Å². The smallest absolute Gasteiger partial charge is 0.485 e. The number of benzene rings is 1. The highest BCUT2D eigenvalue weighted by atomic mass is 32.2. The van der Waals surface area contributed by atoms with Crippen LogP contribution in [0.4, 0.5) is 13.2 Å². The summed E-state index contributed by atoms with van der Waals surface area (Å²) in [6, 6.07) is 8.19. The number of rotatable bonds is 1. The molecule has 2 heterocycles. The minimum atomic E-state index is -6.09. The van der Waals surface area contributed by atoms with E-state index in [1.54, 1.807) is 0 Å². The van der Waals surface area contributed by atoms with E-state index in [1.807, 2.05) is 16.6 Å². The summed E-state index contributed by atoms with van der Waals surface area (Å²) in [4.78, 5) is 16.1. The van der Waals surface area contributed by atoms with Gasteiger partial charge in [-0.3, -0.25) is 9.78 Å². The number of nitrogens with one attached hydrogen (secondary N) is 1. The van der Waals surface area contributed by atoms with Gasteiger partial charge in [0.1, 0.15) is 0 Å². The number of aryl methyl sites for hydroxylation is 3. The molecule has 0 saturated carbocycles. The number of hydrogen-bond donors (Lipinski definition) is 1. The van der Waals surface area contributed by atoms with Crippen molar-refractivity contribution in [3.63, 3.8) is 0 Å². The third-order valence-corrected chi connectivity index (χ3v) is 6.85. The lowest BCUT2D eigenvalue weighted by molar-refractivity contribution is -0.591. The number of halogens is 3. The predicted molar refractivity (Wildman–Crippen MR) is 117 cm³/mol. The number of alkyl halides is 3. The Hall–Kier alpha value is -2.79. The van der Waals surface area contributed by atoms with Gasteiger partial charge in [0.05, 0.1) is 0 Å². The average Bonchev–Trinajstić information content (AvgIpc) is 2.78. The molecule has 5 rings (SSSR count). The zero-order valence-electron chi connectivity index (χ0n) is 18.5. The maximum atomic E-state index is 13.1. The van der Waals surface area contributed by atoms with Crippen molar-refractivity contribution in [1.82, 2.24) is 10.1 Å². The zero-order valence-corrected chi connectivity index (χ0v) is 19.4. The lowest BCUT2D eigenvalue weighted by atomic mass is 9.83. The first-order valence-corrected chi connectivity index (χ1v) is 12.5. The molecule has 0 unspecified atom stereocenters. The van der Waals surface area contributed by atoms with Crippen LogP contribution in [0.1, 0.15) is 53.6 Å². The summed E-state index contributed by atoms with van der Waals surface area (Å²) in [5.41, 5.74) is 2.77. The summed E-state index contributed by atoms with van der Waals surface area (Å²) in [5, 5.41) is 4.92. The van der Waals surface area contributed by atoms with Crippen molar-refractivity contribution in [2.75, 3.05) is 0 Å². The van der Waals surface area contributed by atoms with Crippen LogP contribution in [0, 0.1) is 6.92 Å². The monoisotopic (exact) mass is 495 g/mol. The van der Waals surface area contributed by atoms with E-state index >= 15 is 0 Å². The standard InChI is InChI=1S/C22H23N3O.CHF3O3S/c1-14-10-12-15(13-11-14)21-23-22(26)20-18-8-3-2-6-16(18)17-7-4-5-9-19(17)25(20)24-21;2-1(3,4)8(5,6)7/h10-13H,2-9H2,1H3;(H,5,6,7). The predicted octanol–water partition coefficient (Wildman–Crippen LogP) is 3.29. The molecule has 0 amide bonds. The van der Waals surface area contributed by atoms with Crippen LogP contribution in [0.3, 0.4) is 0 Å². The van der Waals surface area contributed by atoms with Crippen molar-refractivity contribution in [2.45, 2.75) is 63.8 Å². The summed E-state index contributed by atoms with van der Waals surface area (Å²) in [6.07, 6.45) is 9.11. The molecule has 0 spiro atoms. The minimum Gasteiger partial charge on any atom is -0.741 e. The van der Waals surface area contributed by atoms with Crippen molar-refractivity contribution < 1.29 is 30.7 Å². The van der Waals surface area contributed by atoms with E-state index in [4.69, 9.17) is 18.1 Å². The number of nitrogens with zero attached hydrogens (tertiary/aromatic N) is 2. The summed E-state index contributed by atoms with van der Waals surface area (Å²) in [6.45, 7) is 2.07. The van der Waals surface area contributed by atoms with E-state index in [2.05, 4.69) is 24.0 Å². The molecular formula is C23H24F3N3O4S. The molecule has 11 heteroatoms. The van der Waals surface area contributed by atoms with Crippen molar-refractivity contribution in [3.8, 4) is 11.4 Å². The van der Waals surface area contributed by atoms with Crippen molar-refractivity contribution in [1.29, 1.82) is 0 Å². The van der Waals surface area contributed by atoms with Crippen LogP contribution in [0.2, 0.25) is 0 Å². The lowest BCUT2D eigenvalue weighted by Gasteiger charge is -2.22. The van der Waals surface area contributed by atoms with Gasteiger partial charge in [0.25, 0.3) is 0 Å². The van der Waals surface area contributed by atoms with Crippen LogP contribution in [0.15, 0.2) is 29.1 Å². The van der Waals surface area contributed by atoms with Crippen molar-refractivity contribution in [2.24, 2.45) is 0 Å². The molecule has 0 radical (unpaired) electrons. The van der Waals surface area contributed by atoms with Crippen LogP contribution >= 0.6 is 0 Å². The third kappa shape index (κ3) is 4.72. The van der Waals surface area contributed by atoms with Crippen molar-refractivity contribution in [3.05, 3.63) is 62.6 Å². The molecule has 7 nitrogen and oxygen atoms in total. The first kappa shape index (κ1) is 24.3. The summed E-state index contributed by atoms with van der Waals surface area (Å²) in [5.74, 6) is 0.663. The van der Waals surface area contributed by atoms with Gasteiger partial charge in [-0.1, -0.05) is 29.8 Å². The van der Waals surface area contributed by atoms with E-state index in [0.29, 0.717) is 5.82 Å². The van der Waals surface area contributed by atoms with Gasteiger partial charge in [-0.15, -0.1) is 0 Å². The Labute approximate surface area is 194 Å². The number of aromatic nitrogens is 3. The molecule has 1 N–H and O–H groups in total. The van der Waals surface area contributed by atoms with E-state index in [9.17, 15) is 18.0 Å². The Balaban J connectivity index is 0.000000297. The van der Waals surface area contributed by atoms with E-state index in [1.165, 1.54) is 53.6 Å². The molecule has 0 aliphatic heterocycles. The Morgan fingerprint density at radius 1 is 0.941 bits per heavy atom. The fourth-order valence-electron chi connectivity index (χ4n) is 4.69.